The van der Waals surface area contributed by atoms with Crippen LogP contribution in [0.1, 0.15) is 31.4 Å². The molecule has 1 unspecified atom stereocenters. The highest BCUT2D eigenvalue weighted by atomic mass is 16.3. The fourth-order valence-corrected chi connectivity index (χ4v) is 2.46. The Morgan fingerprint density at radius 3 is 2.67 bits per heavy atom. The molecule has 0 bridgehead atoms. The van der Waals surface area contributed by atoms with Gasteiger partial charge >= 0.3 is 0 Å². The van der Waals surface area contributed by atoms with Crippen molar-refractivity contribution in [2.75, 3.05) is 18.5 Å². The first-order valence-corrected chi connectivity index (χ1v) is 6.39. The lowest BCUT2D eigenvalue weighted by Crippen LogP contribution is -2.41. The Kier molecular flexibility index (Phi) is 3.87. The summed E-state index contributed by atoms with van der Waals surface area (Å²) in [5.74, 6) is 0.0760. The van der Waals surface area contributed by atoms with Crippen molar-refractivity contribution in [1.82, 2.24) is 5.32 Å². The number of hydrogen-bond acceptors (Lipinski definition) is 3. The second kappa shape index (κ2) is 5.40. The van der Waals surface area contributed by atoms with Gasteiger partial charge in [0.1, 0.15) is 6.04 Å². The monoisotopic (exact) mass is 248 g/mol. The molecule has 0 spiro atoms. The smallest absolute Gasteiger partial charge is 0.242 e. The van der Waals surface area contributed by atoms with Gasteiger partial charge < -0.3 is 15.3 Å². The van der Waals surface area contributed by atoms with Crippen molar-refractivity contribution in [3.05, 3.63) is 29.8 Å². The standard InChI is InChI=1S/C14H20N2O2/c1-10(17)11-5-7-12(8-6-11)16-9-3-4-13(16)14(18)15-2/h5-8,10,13,17H,3-4,9H2,1-2H3,(H,15,18)/t10-,13?/m0/s1. The van der Waals surface area contributed by atoms with Crippen molar-refractivity contribution in [1.29, 1.82) is 0 Å². The number of rotatable bonds is 3. The molecule has 1 aliphatic heterocycles. The quantitative estimate of drug-likeness (QED) is 0.851. The van der Waals surface area contributed by atoms with Gasteiger partial charge in [-0.3, -0.25) is 4.79 Å². The molecule has 0 radical (unpaired) electrons. The molecule has 1 amide bonds. The number of anilines is 1. The predicted octanol–water partition coefficient (Wildman–Crippen LogP) is 1.45. The molecule has 1 aromatic carbocycles. The van der Waals surface area contributed by atoms with E-state index in [0.29, 0.717) is 0 Å². The average Bonchev–Trinajstić information content (AvgIpc) is 2.87. The second-order valence-corrected chi connectivity index (χ2v) is 4.73. The average molecular weight is 248 g/mol. The van der Waals surface area contributed by atoms with Gasteiger partial charge in [-0.25, -0.2) is 0 Å². The Bertz CT molecular complexity index is 414. The summed E-state index contributed by atoms with van der Waals surface area (Å²) in [7, 11) is 1.68. The predicted molar refractivity (Wildman–Crippen MR) is 71.5 cm³/mol. The van der Waals surface area contributed by atoms with Crippen LogP contribution in [0.25, 0.3) is 0 Å². The Morgan fingerprint density at radius 1 is 1.44 bits per heavy atom. The molecule has 0 aliphatic carbocycles. The number of benzene rings is 1. The third-order valence-electron chi connectivity index (χ3n) is 3.51. The van der Waals surface area contributed by atoms with E-state index < -0.39 is 6.10 Å². The number of carbonyl (C=O) groups excluding carboxylic acids is 1. The molecule has 98 valence electrons. The normalized spacial score (nSPS) is 20.8. The third-order valence-corrected chi connectivity index (χ3v) is 3.51. The van der Waals surface area contributed by atoms with Crippen LogP contribution in [0.5, 0.6) is 0 Å². The van der Waals surface area contributed by atoms with Gasteiger partial charge in [0.05, 0.1) is 6.10 Å². The van der Waals surface area contributed by atoms with E-state index in [1.54, 1.807) is 14.0 Å². The zero-order valence-electron chi connectivity index (χ0n) is 10.9. The Balaban J connectivity index is 2.17. The van der Waals surface area contributed by atoms with Gasteiger partial charge in [0.15, 0.2) is 0 Å². The summed E-state index contributed by atoms with van der Waals surface area (Å²) in [5.41, 5.74) is 1.94. The van der Waals surface area contributed by atoms with Gasteiger partial charge in [-0.15, -0.1) is 0 Å². The number of aliphatic hydroxyl groups excluding tert-OH is 1. The summed E-state index contributed by atoms with van der Waals surface area (Å²) < 4.78 is 0. The van der Waals surface area contributed by atoms with Crippen LogP contribution < -0.4 is 10.2 Å². The van der Waals surface area contributed by atoms with Gasteiger partial charge in [-0.05, 0) is 37.5 Å². The zero-order valence-corrected chi connectivity index (χ0v) is 10.9. The number of amides is 1. The van der Waals surface area contributed by atoms with Gasteiger partial charge in [-0.1, -0.05) is 12.1 Å². The maximum Gasteiger partial charge on any atom is 0.242 e. The van der Waals surface area contributed by atoms with Crippen LogP contribution in [0, 0.1) is 0 Å². The summed E-state index contributed by atoms with van der Waals surface area (Å²) >= 11 is 0. The van der Waals surface area contributed by atoms with Crippen LogP contribution in [0.4, 0.5) is 5.69 Å². The van der Waals surface area contributed by atoms with Gasteiger partial charge in [-0.2, -0.15) is 0 Å². The largest absolute Gasteiger partial charge is 0.389 e. The van der Waals surface area contributed by atoms with E-state index >= 15 is 0 Å². The number of nitrogens with one attached hydrogen (secondary N) is 1. The molecule has 2 N–H and O–H groups in total. The molecule has 0 saturated carbocycles. The van der Waals surface area contributed by atoms with E-state index in [0.717, 1.165) is 30.6 Å². The lowest BCUT2D eigenvalue weighted by molar-refractivity contribution is -0.121. The van der Waals surface area contributed by atoms with E-state index in [-0.39, 0.29) is 11.9 Å². The zero-order chi connectivity index (χ0) is 13.1. The maximum absolute atomic E-state index is 11.8. The van der Waals surface area contributed by atoms with Crippen molar-refractivity contribution in [2.45, 2.75) is 31.9 Å². The molecule has 4 heteroatoms. The number of likely N-dealkylation sites (N-methyl/N-ethyl adjacent to an activating group) is 1. The molecule has 1 aliphatic rings. The summed E-state index contributed by atoms with van der Waals surface area (Å²) in [6.45, 7) is 2.66. The molecular weight excluding hydrogens is 228 g/mol. The third kappa shape index (κ3) is 2.48. The molecule has 4 nitrogen and oxygen atoms in total. The van der Waals surface area contributed by atoms with Crippen molar-refractivity contribution < 1.29 is 9.90 Å². The van der Waals surface area contributed by atoms with Crippen molar-refractivity contribution >= 4 is 11.6 Å². The number of nitrogens with zero attached hydrogens (tertiary/aromatic N) is 1. The second-order valence-electron chi connectivity index (χ2n) is 4.73. The molecular formula is C14H20N2O2. The van der Waals surface area contributed by atoms with Crippen LogP contribution in [0.15, 0.2) is 24.3 Å². The Hall–Kier alpha value is -1.55. The summed E-state index contributed by atoms with van der Waals surface area (Å²) in [6.07, 6.45) is 1.49. The molecule has 1 aromatic rings. The minimum Gasteiger partial charge on any atom is -0.389 e. The molecule has 0 aromatic heterocycles. The first-order valence-electron chi connectivity index (χ1n) is 6.39. The van der Waals surface area contributed by atoms with Crippen LogP contribution in [0.3, 0.4) is 0 Å². The van der Waals surface area contributed by atoms with Gasteiger partial charge in [0.25, 0.3) is 0 Å². The maximum atomic E-state index is 11.8. The number of carbonyl (C=O) groups is 1. The van der Waals surface area contributed by atoms with E-state index in [4.69, 9.17) is 0 Å². The first kappa shape index (κ1) is 12.9. The van der Waals surface area contributed by atoms with Crippen molar-refractivity contribution in [3.8, 4) is 0 Å². The minimum absolute atomic E-state index is 0.0626. The van der Waals surface area contributed by atoms with Crippen LogP contribution in [-0.2, 0) is 4.79 Å². The molecule has 1 saturated heterocycles. The van der Waals surface area contributed by atoms with Crippen LogP contribution in [0.2, 0.25) is 0 Å². The summed E-state index contributed by atoms with van der Waals surface area (Å²) in [4.78, 5) is 13.9. The fourth-order valence-electron chi connectivity index (χ4n) is 2.46. The fraction of sp³-hybridized carbons (Fsp3) is 0.500. The topological polar surface area (TPSA) is 52.6 Å². The van der Waals surface area contributed by atoms with E-state index in [1.807, 2.05) is 24.3 Å². The van der Waals surface area contributed by atoms with Crippen molar-refractivity contribution in [2.24, 2.45) is 0 Å². The van der Waals surface area contributed by atoms with Gasteiger partial charge in [0, 0.05) is 19.3 Å². The first-order chi connectivity index (χ1) is 8.63. The molecule has 1 fully saturated rings. The Labute approximate surface area is 108 Å². The van der Waals surface area contributed by atoms with E-state index in [9.17, 15) is 9.90 Å². The molecule has 1 heterocycles. The minimum atomic E-state index is -0.452. The molecule has 18 heavy (non-hydrogen) atoms. The van der Waals surface area contributed by atoms with Crippen LogP contribution >= 0.6 is 0 Å². The lowest BCUT2D eigenvalue weighted by Gasteiger charge is -2.25. The van der Waals surface area contributed by atoms with Gasteiger partial charge in [0.2, 0.25) is 5.91 Å². The van der Waals surface area contributed by atoms with E-state index in [2.05, 4.69) is 10.2 Å². The highest BCUT2D eigenvalue weighted by Gasteiger charge is 2.29. The lowest BCUT2D eigenvalue weighted by atomic mass is 10.1. The molecule has 2 atom stereocenters. The number of hydrogen-bond donors (Lipinski definition) is 2. The van der Waals surface area contributed by atoms with Crippen molar-refractivity contribution in [3.63, 3.8) is 0 Å². The van der Waals surface area contributed by atoms with E-state index in [1.165, 1.54) is 0 Å². The highest BCUT2D eigenvalue weighted by molar-refractivity contribution is 5.85. The molecule has 2 rings (SSSR count). The SMILES string of the molecule is CNC(=O)C1CCCN1c1ccc([C@H](C)O)cc1. The Morgan fingerprint density at radius 2 is 2.11 bits per heavy atom. The summed E-state index contributed by atoms with van der Waals surface area (Å²) in [5, 5.41) is 12.2. The van der Waals surface area contributed by atoms with Crippen LogP contribution in [-0.4, -0.2) is 30.6 Å². The summed E-state index contributed by atoms with van der Waals surface area (Å²) in [6, 6.07) is 7.72. The number of aliphatic hydroxyl groups is 1. The highest BCUT2D eigenvalue weighted by Crippen LogP contribution is 2.26.